The number of nitrogens with zero attached hydrogens (tertiary/aromatic N) is 3. The summed E-state index contributed by atoms with van der Waals surface area (Å²) >= 11 is 0. The number of fused-ring (bicyclic) bond motifs is 1. The number of rotatable bonds is 7. The Morgan fingerprint density at radius 3 is 2.73 bits per heavy atom. The normalized spacial score (nSPS) is 10.9. The molecule has 26 heavy (non-hydrogen) atoms. The van der Waals surface area contributed by atoms with E-state index in [4.69, 9.17) is 0 Å². The van der Waals surface area contributed by atoms with E-state index in [1.807, 2.05) is 30.2 Å². The summed E-state index contributed by atoms with van der Waals surface area (Å²) in [5, 5.41) is 4.17. The predicted molar refractivity (Wildman–Crippen MR) is 105 cm³/mol. The summed E-state index contributed by atoms with van der Waals surface area (Å²) in [6.45, 7) is 8.16. The van der Waals surface area contributed by atoms with E-state index in [9.17, 15) is 4.79 Å². The average Bonchev–Trinajstić information content (AvgIpc) is 3.05. The summed E-state index contributed by atoms with van der Waals surface area (Å²) in [6.07, 6.45) is 2.77. The highest BCUT2D eigenvalue weighted by Crippen LogP contribution is 2.17. The number of benzene rings is 1. The molecule has 0 bridgehead atoms. The molecule has 0 atom stereocenters. The third-order valence-electron chi connectivity index (χ3n) is 4.48. The molecule has 0 aliphatic carbocycles. The van der Waals surface area contributed by atoms with Crippen LogP contribution >= 0.6 is 0 Å². The first-order chi connectivity index (χ1) is 12.6. The molecule has 3 aromatic rings. The van der Waals surface area contributed by atoms with Crippen molar-refractivity contribution >= 4 is 22.8 Å². The van der Waals surface area contributed by atoms with E-state index < -0.39 is 0 Å². The molecular formula is C20H25N5O. The van der Waals surface area contributed by atoms with Crippen molar-refractivity contribution in [2.45, 2.75) is 27.2 Å². The molecule has 0 spiro atoms. The summed E-state index contributed by atoms with van der Waals surface area (Å²) in [6, 6.07) is 9.91. The van der Waals surface area contributed by atoms with E-state index in [1.165, 1.54) is 10.9 Å². The molecule has 6 nitrogen and oxygen atoms in total. The molecule has 3 rings (SSSR count). The summed E-state index contributed by atoms with van der Waals surface area (Å²) < 4.78 is 0. The topological polar surface area (TPSA) is 73.9 Å². The lowest BCUT2D eigenvalue weighted by Gasteiger charge is -2.19. The van der Waals surface area contributed by atoms with Gasteiger partial charge in [-0.1, -0.05) is 18.2 Å². The maximum Gasteiger partial charge on any atom is 0.270 e. The molecule has 0 fully saturated rings. The zero-order valence-corrected chi connectivity index (χ0v) is 15.5. The van der Waals surface area contributed by atoms with E-state index in [1.54, 1.807) is 6.07 Å². The van der Waals surface area contributed by atoms with Gasteiger partial charge < -0.3 is 15.2 Å². The highest BCUT2D eigenvalue weighted by molar-refractivity contribution is 5.92. The second-order valence-corrected chi connectivity index (χ2v) is 6.23. The van der Waals surface area contributed by atoms with Gasteiger partial charge >= 0.3 is 0 Å². The van der Waals surface area contributed by atoms with Gasteiger partial charge in [0, 0.05) is 42.4 Å². The van der Waals surface area contributed by atoms with Crippen LogP contribution in [0.5, 0.6) is 0 Å². The van der Waals surface area contributed by atoms with Crippen molar-refractivity contribution in [2.75, 3.05) is 24.5 Å². The van der Waals surface area contributed by atoms with E-state index in [0.29, 0.717) is 18.2 Å². The van der Waals surface area contributed by atoms with Crippen LogP contribution in [-0.4, -0.2) is 40.5 Å². The van der Waals surface area contributed by atoms with Crippen LogP contribution < -0.4 is 10.2 Å². The molecular weight excluding hydrogens is 326 g/mol. The molecule has 2 heterocycles. The van der Waals surface area contributed by atoms with E-state index >= 15 is 0 Å². The number of H-pyrrole nitrogens is 1. The van der Waals surface area contributed by atoms with Crippen molar-refractivity contribution in [1.29, 1.82) is 0 Å². The van der Waals surface area contributed by atoms with Gasteiger partial charge in [0.2, 0.25) is 5.95 Å². The number of aryl methyl sites for hydroxylation is 1. The first kappa shape index (κ1) is 17.9. The maximum atomic E-state index is 12.5. The third-order valence-corrected chi connectivity index (χ3v) is 4.48. The number of nitrogens with one attached hydrogen (secondary N) is 2. The molecule has 1 aromatic carbocycles. The minimum absolute atomic E-state index is 0.163. The molecule has 0 saturated heterocycles. The Morgan fingerprint density at radius 2 is 1.96 bits per heavy atom. The van der Waals surface area contributed by atoms with Crippen LogP contribution in [0.25, 0.3) is 10.9 Å². The van der Waals surface area contributed by atoms with E-state index in [2.05, 4.69) is 46.2 Å². The van der Waals surface area contributed by atoms with Crippen LogP contribution in [0.1, 0.15) is 35.6 Å². The summed E-state index contributed by atoms with van der Waals surface area (Å²) in [7, 11) is 0. The number of anilines is 1. The molecule has 2 N–H and O–H groups in total. The summed E-state index contributed by atoms with van der Waals surface area (Å²) in [5.74, 6) is 0.445. The van der Waals surface area contributed by atoms with Gasteiger partial charge in [-0.3, -0.25) is 4.79 Å². The smallest absolute Gasteiger partial charge is 0.270 e. The largest absolute Gasteiger partial charge is 0.361 e. The molecule has 1 amide bonds. The molecule has 136 valence electrons. The Kier molecular flexibility index (Phi) is 5.51. The highest BCUT2D eigenvalue weighted by Gasteiger charge is 2.13. The highest BCUT2D eigenvalue weighted by atomic mass is 16.1. The second-order valence-electron chi connectivity index (χ2n) is 6.23. The van der Waals surface area contributed by atoms with Crippen LogP contribution in [0.3, 0.4) is 0 Å². The van der Waals surface area contributed by atoms with Crippen LogP contribution in [0, 0.1) is 6.92 Å². The number of amides is 1. The van der Waals surface area contributed by atoms with Gasteiger partial charge in [0.25, 0.3) is 5.91 Å². The van der Waals surface area contributed by atoms with Crippen LogP contribution in [0.4, 0.5) is 5.95 Å². The van der Waals surface area contributed by atoms with Crippen LogP contribution in [0.15, 0.2) is 36.5 Å². The van der Waals surface area contributed by atoms with Crippen LogP contribution in [-0.2, 0) is 6.42 Å². The molecule has 0 aliphatic heterocycles. The van der Waals surface area contributed by atoms with Gasteiger partial charge in [0.05, 0.1) is 0 Å². The van der Waals surface area contributed by atoms with Crippen molar-refractivity contribution in [3.05, 3.63) is 53.5 Å². The van der Waals surface area contributed by atoms with Crippen molar-refractivity contribution in [3.63, 3.8) is 0 Å². The number of hydrogen-bond donors (Lipinski definition) is 2. The number of aromatic nitrogens is 3. The minimum atomic E-state index is -0.163. The zero-order valence-electron chi connectivity index (χ0n) is 15.5. The molecule has 0 aliphatic rings. The molecule has 6 heteroatoms. The lowest BCUT2D eigenvalue weighted by atomic mass is 10.1. The molecule has 0 saturated carbocycles. The Balaban J connectivity index is 1.66. The monoisotopic (exact) mass is 351 g/mol. The van der Waals surface area contributed by atoms with Gasteiger partial charge in [-0.05, 0) is 44.9 Å². The SMILES string of the molecule is CCN(CC)c1nc(C)cc(C(=O)NCCc2c[nH]c3ccccc23)n1. The summed E-state index contributed by atoms with van der Waals surface area (Å²) in [4.78, 5) is 26.7. The molecule has 0 unspecified atom stereocenters. The second kappa shape index (κ2) is 7.99. The Morgan fingerprint density at radius 1 is 1.19 bits per heavy atom. The van der Waals surface area contributed by atoms with Crippen molar-refractivity contribution in [2.24, 2.45) is 0 Å². The fourth-order valence-electron chi connectivity index (χ4n) is 3.06. The number of para-hydroxylation sites is 1. The lowest BCUT2D eigenvalue weighted by Crippen LogP contribution is -2.29. The quantitative estimate of drug-likeness (QED) is 0.686. The Bertz CT molecular complexity index is 898. The maximum absolute atomic E-state index is 12.5. The Labute approximate surface area is 153 Å². The fourth-order valence-corrected chi connectivity index (χ4v) is 3.06. The van der Waals surface area contributed by atoms with Gasteiger partial charge in [0.1, 0.15) is 5.69 Å². The predicted octanol–water partition coefficient (Wildman–Crippen LogP) is 3.09. The molecule has 0 radical (unpaired) electrons. The summed E-state index contributed by atoms with van der Waals surface area (Å²) in [5.41, 5.74) is 3.52. The van der Waals surface area contributed by atoms with Gasteiger partial charge in [0.15, 0.2) is 0 Å². The third kappa shape index (κ3) is 3.85. The lowest BCUT2D eigenvalue weighted by molar-refractivity contribution is 0.0949. The molecule has 2 aromatic heterocycles. The van der Waals surface area contributed by atoms with Crippen LogP contribution in [0.2, 0.25) is 0 Å². The van der Waals surface area contributed by atoms with Crippen molar-refractivity contribution < 1.29 is 4.79 Å². The van der Waals surface area contributed by atoms with Gasteiger partial charge in [-0.25, -0.2) is 9.97 Å². The van der Waals surface area contributed by atoms with Crippen molar-refractivity contribution in [3.8, 4) is 0 Å². The fraction of sp³-hybridized carbons (Fsp3) is 0.350. The minimum Gasteiger partial charge on any atom is -0.361 e. The van der Waals surface area contributed by atoms with E-state index in [-0.39, 0.29) is 5.91 Å². The first-order valence-electron chi connectivity index (χ1n) is 9.06. The number of carbonyl (C=O) groups is 1. The number of hydrogen-bond acceptors (Lipinski definition) is 4. The van der Waals surface area contributed by atoms with E-state index in [0.717, 1.165) is 30.7 Å². The zero-order chi connectivity index (χ0) is 18.5. The van der Waals surface area contributed by atoms with Crippen molar-refractivity contribution in [1.82, 2.24) is 20.3 Å². The average molecular weight is 351 g/mol. The van der Waals surface area contributed by atoms with Gasteiger partial charge in [-0.2, -0.15) is 0 Å². The number of carbonyl (C=O) groups excluding carboxylic acids is 1. The first-order valence-corrected chi connectivity index (χ1v) is 9.06. The van der Waals surface area contributed by atoms with Gasteiger partial charge in [-0.15, -0.1) is 0 Å². The Hall–Kier alpha value is -2.89. The standard InChI is InChI=1S/C20H25N5O/c1-4-25(5-2)20-23-14(3)12-18(24-20)19(26)21-11-10-15-13-22-17-9-7-6-8-16(15)17/h6-9,12-13,22H,4-5,10-11H2,1-3H3,(H,21,26). The number of aromatic amines is 1.